The Labute approximate surface area is 717 Å². The molecule has 8 aromatic carbocycles. The van der Waals surface area contributed by atoms with Gasteiger partial charge >= 0.3 is 36.6 Å². The van der Waals surface area contributed by atoms with Crippen LogP contribution in [0.2, 0.25) is 0 Å². The maximum atomic E-state index is 14.3. The number of aldehydes is 1. The number of alkyl halides is 12. The van der Waals surface area contributed by atoms with Gasteiger partial charge in [0.15, 0.2) is 0 Å². The zero-order chi connectivity index (χ0) is 89.2. The van der Waals surface area contributed by atoms with Crippen molar-refractivity contribution in [1.29, 1.82) is 0 Å². The van der Waals surface area contributed by atoms with Crippen LogP contribution in [0.25, 0.3) is 43.1 Å². The lowest BCUT2D eigenvalue weighted by Gasteiger charge is -2.48. The Hall–Kier alpha value is -8.44. The van der Waals surface area contributed by atoms with Crippen LogP contribution in [0.5, 0.6) is 23.0 Å². The van der Waals surface area contributed by atoms with Crippen molar-refractivity contribution in [1.82, 2.24) is 10.2 Å². The van der Waals surface area contributed by atoms with Gasteiger partial charge in [-0.05, 0) is 286 Å². The molecule has 4 heterocycles. The lowest BCUT2D eigenvalue weighted by Crippen LogP contribution is -2.52. The summed E-state index contributed by atoms with van der Waals surface area (Å²) in [6.07, 6.45) is 6.29. The molecular formula is C96H114F12N2O13S. The molecule has 3 N–H and O–H groups in total. The first-order chi connectivity index (χ1) is 58.8. The van der Waals surface area contributed by atoms with Crippen LogP contribution in [-0.2, 0) is 73.1 Å². The number of carboxylic acids is 1. The van der Waals surface area contributed by atoms with Gasteiger partial charge in [0.2, 0.25) is 0 Å². The van der Waals surface area contributed by atoms with E-state index < -0.39 is 63.0 Å². The third-order valence-corrected chi connectivity index (χ3v) is 26.7. The quantitative estimate of drug-likeness (QED) is 0.0337. The number of aliphatic hydroxyl groups excluding tert-OH is 1. The number of aliphatic hydroxyl groups is 1. The molecule has 4 aliphatic carbocycles. The fourth-order valence-corrected chi connectivity index (χ4v) is 19.7. The number of aliphatic carboxylic acids is 1. The van der Waals surface area contributed by atoms with Crippen molar-refractivity contribution >= 4 is 71.4 Å². The average Bonchev–Trinajstić information content (AvgIpc) is 0.704. The van der Waals surface area contributed by atoms with Gasteiger partial charge < -0.3 is 39.2 Å². The maximum absolute atomic E-state index is 14.3. The topological polar surface area (TPSA) is 196 Å². The molecule has 28 heteroatoms. The first kappa shape index (κ1) is 94.7. The molecule has 4 aliphatic heterocycles. The number of carbonyl (C=O) groups excluding carboxylic acids is 2. The number of ether oxygens (including phenoxy) is 5. The average molecular weight is 1760 g/mol. The highest BCUT2D eigenvalue weighted by atomic mass is 32.2. The number of halogens is 12. The van der Waals surface area contributed by atoms with Gasteiger partial charge in [-0.2, -0.15) is 61.1 Å². The number of benzene rings is 8. The second-order valence-electron chi connectivity index (χ2n) is 35.7. The molecule has 124 heavy (non-hydrogen) atoms. The van der Waals surface area contributed by atoms with Gasteiger partial charge in [0.05, 0.1) is 62.8 Å². The first-order valence-electron chi connectivity index (χ1n) is 43.7. The molecule has 16 rings (SSSR count). The Morgan fingerprint density at radius 3 is 1.10 bits per heavy atom. The van der Waals surface area contributed by atoms with Gasteiger partial charge in [-0.15, -0.1) is 0 Å². The monoisotopic (exact) mass is 1760 g/mol. The molecule has 4 unspecified atom stereocenters. The molecule has 0 aromatic heterocycles. The molecule has 4 saturated carbocycles. The highest BCUT2D eigenvalue weighted by Crippen LogP contribution is 2.49. The molecule has 8 fully saturated rings. The van der Waals surface area contributed by atoms with E-state index >= 15 is 0 Å². The predicted octanol–water partition coefficient (Wildman–Crippen LogP) is 24.3. The number of nitrogens with zero attached hydrogens (tertiary/aromatic N) is 1. The molecule has 15 nitrogen and oxygen atoms in total. The molecule has 8 aliphatic rings. The second kappa shape index (κ2) is 41.1. The summed E-state index contributed by atoms with van der Waals surface area (Å²) in [6.45, 7) is 8.54. The molecular weight excluding hydrogens is 1650 g/mol. The molecule has 4 saturated heterocycles. The largest absolute Gasteiger partial charge is 0.490 e. The van der Waals surface area contributed by atoms with Crippen LogP contribution >= 0.6 is 0 Å². The Morgan fingerprint density at radius 2 is 0.758 bits per heavy atom. The number of rotatable bonds is 17. The number of carboxylic acid groups (broad SMARTS) is 1. The van der Waals surface area contributed by atoms with Gasteiger partial charge in [0.25, 0.3) is 10.1 Å². The van der Waals surface area contributed by atoms with E-state index in [-0.39, 0.29) is 118 Å². The van der Waals surface area contributed by atoms with Crippen LogP contribution in [0.3, 0.4) is 0 Å². The van der Waals surface area contributed by atoms with Gasteiger partial charge in [-0.3, -0.25) is 23.5 Å². The van der Waals surface area contributed by atoms with E-state index in [1.807, 2.05) is 6.07 Å². The van der Waals surface area contributed by atoms with Crippen LogP contribution in [-0.4, -0.2) is 104 Å². The Balaban J connectivity index is 0.000000145. The van der Waals surface area contributed by atoms with E-state index in [0.29, 0.717) is 94.1 Å². The number of hydrogen-bond acceptors (Lipinski definition) is 14. The fourth-order valence-electron chi connectivity index (χ4n) is 19.3. The third-order valence-electron chi connectivity index (χ3n) is 26.2. The van der Waals surface area contributed by atoms with Crippen molar-refractivity contribution in [2.45, 2.75) is 288 Å². The Bertz CT molecular complexity index is 5060. The highest BCUT2D eigenvalue weighted by molar-refractivity contribution is 7.85. The summed E-state index contributed by atoms with van der Waals surface area (Å²) in [4.78, 5) is 36.2. The summed E-state index contributed by atoms with van der Waals surface area (Å²) in [5.74, 6) is 0.949. The van der Waals surface area contributed by atoms with Crippen LogP contribution in [0.15, 0.2) is 121 Å². The standard InChI is InChI=1S/C28H34F3NO3.C20H23F3O4S.C19H21F3O2.C19H19F3O2.C10H17NO2/c1-17-5-10-23(11-6-17)35-25-12-9-19-8-7-18(13-24(19)26(25)28(29,30)31)16-32-21-3-2-4-22(32)15-20(14-21)27(33)34;1-13-3-8-16(9-4-13)27-18-10-7-15-6-5-14(12-26-28(2,24)25)11-17(15)19(18)20(21,22)23;2*1-12-2-7-15(8-3-12)24-17-9-6-14-5-4-13(11-23)10-16(14)18(17)19(20,21)22;1-13-10(12)7-5-8-3-2-4-9(6-7)11-8/h7-9,12-13,17,20-23H,2-6,10-11,14-16H2,1H3,(H,33,34);5-7,10-11,13,16H,3-4,8-9,12H2,1-2H3;4-6,9-10,12,15,23H,2-3,7-8,11H2,1H3;4-6,9-12,15H,2-3,7-8H2,1H3;7-9,11H,2-6H2,1H3. The molecule has 4 atom stereocenters. The Kier molecular flexibility index (Phi) is 31.4. The predicted molar refractivity (Wildman–Crippen MR) is 452 cm³/mol. The van der Waals surface area contributed by atoms with E-state index in [2.05, 4.69) is 37.9 Å². The smallest absolute Gasteiger partial charge is 0.420 e. The van der Waals surface area contributed by atoms with Crippen LogP contribution in [0, 0.1) is 35.5 Å². The zero-order valence-electron chi connectivity index (χ0n) is 71.0. The molecule has 676 valence electrons. The van der Waals surface area contributed by atoms with Crippen LogP contribution in [0.1, 0.15) is 244 Å². The second-order valence-corrected chi connectivity index (χ2v) is 37.4. The minimum absolute atomic E-state index is 0.00813. The van der Waals surface area contributed by atoms with Gasteiger partial charge in [-0.25, -0.2) is 0 Å². The van der Waals surface area contributed by atoms with Crippen molar-refractivity contribution in [3.05, 3.63) is 166 Å². The molecule has 4 bridgehead atoms. The normalized spacial score (nSPS) is 25.6. The maximum Gasteiger partial charge on any atom is 0.420 e. The third kappa shape index (κ3) is 25.1. The molecule has 8 aromatic rings. The summed E-state index contributed by atoms with van der Waals surface area (Å²) in [6, 6.07) is 32.4. The number of piperidine rings is 4. The summed E-state index contributed by atoms with van der Waals surface area (Å²) in [5, 5.41) is 24.4. The van der Waals surface area contributed by atoms with E-state index in [0.717, 1.165) is 147 Å². The molecule has 0 amide bonds. The van der Waals surface area contributed by atoms with Crippen molar-refractivity contribution in [2.75, 3.05) is 13.4 Å². The number of esters is 1. The van der Waals surface area contributed by atoms with Crippen molar-refractivity contribution in [2.24, 2.45) is 35.5 Å². The van der Waals surface area contributed by atoms with Crippen molar-refractivity contribution in [3.8, 4) is 23.0 Å². The van der Waals surface area contributed by atoms with Crippen LogP contribution < -0.4 is 24.3 Å². The molecule has 0 spiro atoms. The van der Waals surface area contributed by atoms with Gasteiger partial charge in [0.1, 0.15) is 51.5 Å². The van der Waals surface area contributed by atoms with E-state index in [1.54, 1.807) is 54.6 Å². The van der Waals surface area contributed by atoms with E-state index in [1.165, 1.54) is 87.0 Å². The van der Waals surface area contributed by atoms with Gasteiger partial charge in [0, 0.05) is 36.3 Å². The Morgan fingerprint density at radius 1 is 0.435 bits per heavy atom. The summed E-state index contributed by atoms with van der Waals surface area (Å²) in [5.41, 5.74) is -1.20. The molecule has 0 radical (unpaired) electrons. The summed E-state index contributed by atoms with van der Waals surface area (Å²) in [7, 11) is -2.21. The first-order valence-corrected chi connectivity index (χ1v) is 45.5. The number of hydrogen-bond donors (Lipinski definition) is 3. The lowest BCUT2D eigenvalue weighted by molar-refractivity contribution is -0.148. The number of fused-ring (bicyclic) bond motifs is 8. The van der Waals surface area contributed by atoms with Crippen molar-refractivity contribution < 1.29 is 114 Å². The number of methoxy groups -OCH3 is 1. The van der Waals surface area contributed by atoms with Crippen molar-refractivity contribution in [3.63, 3.8) is 0 Å². The van der Waals surface area contributed by atoms with Gasteiger partial charge in [-0.1, -0.05) is 113 Å². The van der Waals surface area contributed by atoms with E-state index in [4.69, 9.17) is 27.9 Å². The zero-order valence-corrected chi connectivity index (χ0v) is 71.8. The van der Waals surface area contributed by atoms with Crippen LogP contribution in [0.4, 0.5) is 52.7 Å². The number of nitrogens with one attached hydrogen (secondary N) is 1. The minimum atomic E-state index is -4.60. The summed E-state index contributed by atoms with van der Waals surface area (Å²) < 4.78 is 222. The SMILES string of the molecule is CC1CCC(Oc2ccc3ccc(C=O)cc3c2C(F)(F)F)CC1.CC1CCC(Oc2ccc3ccc(CN4C5CCCC4CC(C(=O)O)C5)cc3c2C(F)(F)F)CC1.CC1CCC(Oc2ccc3ccc(CO)cc3c2C(F)(F)F)CC1.CC1CCC(Oc2ccc3ccc(COS(C)(=O)=O)cc3c2C(F)(F)F)CC1.COC(=O)C1CC2CCCC(C1)N2. The lowest BCUT2D eigenvalue weighted by atomic mass is 9.78. The summed E-state index contributed by atoms with van der Waals surface area (Å²) >= 11 is 0. The minimum Gasteiger partial charge on any atom is -0.490 e. The fraction of sp³-hybridized carbons (Fsp3) is 0.552. The van der Waals surface area contributed by atoms with E-state index in [9.17, 15) is 85.7 Å². The number of carbonyl (C=O) groups is 3. The highest BCUT2D eigenvalue weighted by Gasteiger charge is 2.45.